The lowest BCUT2D eigenvalue weighted by Gasteiger charge is -2.36. The third-order valence-electron chi connectivity index (χ3n) is 4.75. The molecule has 7 heteroatoms. The van der Waals surface area contributed by atoms with Crippen LogP contribution in [0.1, 0.15) is 61.3 Å². The predicted molar refractivity (Wildman–Crippen MR) is 103 cm³/mol. The number of carbonyl (C=O) groups is 3. The smallest absolute Gasteiger partial charge is 0.329 e. The van der Waals surface area contributed by atoms with Crippen molar-refractivity contribution in [2.75, 3.05) is 13.6 Å². The number of likely N-dealkylation sites (tertiary alicyclic amines) is 1. The summed E-state index contributed by atoms with van der Waals surface area (Å²) in [6.45, 7) is 13.1. The molecule has 1 aliphatic rings. The SMILES string of the molecule is CC(C)[C@H](O)C(=O)N(C)[C@@H](C(=O)N1CCC[C@H]1C(=O)OC(C)(C)C)C(C)C. The molecule has 0 aliphatic carbocycles. The summed E-state index contributed by atoms with van der Waals surface area (Å²) in [5.41, 5.74) is -0.625. The molecule has 1 N–H and O–H groups in total. The number of nitrogens with zero attached hydrogens (tertiary/aromatic N) is 2. The molecule has 7 nitrogen and oxygen atoms in total. The maximum atomic E-state index is 13.2. The normalized spacial score (nSPS) is 20.0. The van der Waals surface area contributed by atoms with Gasteiger partial charge in [0.1, 0.15) is 23.8 Å². The number of hydrogen-bond donors (Lipinski definition) is 1. The van der Waals surface area contributed by atoms with Crippen LogP contribution in [0.5, 0.6) is 0 Å². The number of ether oxygens (including phenoxy) is 1. The molecule has 1 heterocycles. The number of esters is 1. The minimum absolute atomic E-state index is 0.161. The lowest BCUT2D eigenvalue weighted by atomic mass is 9.98. The quantitative estimate of drug-likeness (QED) is 0.706. The number of rotatable bonds is 6. The van der Waals surface area contributed by atoms with Crippen LogP contribution in [0.15, 0.2) is 0 Å². The van der Waals surface area contributed by atoms with Crippen molar-refractivity contribution >= 4 is 17.8 Å². The highest BCUT2D eigenvalue weighted by Gasteiger charge is 2.42. The summed E-state index contributed by atoms with van der Waals surface area (Å²) in [4.78, 5) is 41.2. The zero-order valence-corrected chi connectivity index (χ0v) is 18.0. The van der Waals surface area contributed by atoms with Crippen molar-refractivity contribution in [1.82, 2.24) is 9.80 Å². The Morgan fingerprint density at radius 1 is 1.11 bits per heavy atom. The Balaban J connectivity index is 3.02. The summed E-state index contributed by atoms with van der Waals surface area (Å²) in [6.07, 6.45) is 0.106. The molecule has 0 radical (unpaired) electrons. The predicted octanol–water partition coefficient (Wildman–Crippen LogP) is 1.82. The number of likely N-dealkylation sites (N-methyl/N-ethyl adjacent to an activating group) is 1. The van der Waals surface area contributed by atoms with Gasteiger partial charge in [0, 0.05) is 13.6 Å². The molecule has 1 saturated heterocycles. The molecule has 0 saturated carbocycles. The Kier molecular flexibility index (Phi) is 7.84. The summed E-state index contributed by atoms with van der Waals surface area (Å²) in [5.74, 6) is -1.57. The van der Waals surface area contributed by atoms with E-state index in [2.05, 4.69) is 0 Å². The van der Waals surface area contributed by atoms with Crippen LogP contribution in [0.2, 0.25) is 0 Å². The second kappa shape index (κ2) is 9.04. The number of aliphatic hydroxyl groups excluding tert-OH is 1. The van der Waals surface area contributed by atoms with Gasteiger partial charge in [-0.25, -0.2) is 4.79 Å². The number of carbonyl (C=O) groups excluding carboxylic acids is 3. The van der Waals surface area contributed by atoms with E-state index in [1.54, 1.807) is 34.6 Å². The largest absolute Gasteiger partial charge is 0.458 e. The molecule has 0 unspecified atom stereocenters. The van der Waals surface area contributed by atoms with Gasteiger partial charge in [-0.05, 0) is 45.4 Å². The van der Waals surface area contributed by atoms with Crippen molar-refractivity contribution in [3.05, 3.63) is 0 Å². The van der Waals surface area contributed by atoms with Crippen molar-refractivity contribution in [3.8, 4) is 0 Å². The topological polar surface area (TPSA) is 87.2 Å². The van der Waals surface area contributed by atoms with Gasteiger partial charge in [0.2, 0.25) is 5.91 Å². The lowest BCUT2D eigenvalue weighted by molar-refractivity contribution is -0.165. The first kappa shape index (κ1) is 23.4. The van der Waals surface area contributed by atoms with Crippen LogP contribution >= 0.6 is 0 Å². The van der Waals surface area contributed by atoms with Crippen molar-refractivity contribution < 1.29 is 24.2 Å². The van der Waals surface area contributed by atoms with Gasteiger partial charge >= 0.3 is 5.97 Å². The average molecular weight is 385 g/mol. The van der Waals surface area contributed by atoms with Crippen LogP contribution in [0.4, 0.5) is 0 Å². The van der Waals surface area contributed by atoms with Crippen molar-refractivity contribution in [2.24, 2.45) is 11.8 Å². The van der Waals surface area contributed by atoms with Crippen LogP contribution in [-0.4, -0.2) is 70.1 Å². The van der Waals surface area contributed by atoms with Gasteiger partial charge < -0.3 is 19.6 Å². The Bertz CT molecular complexity index is 553. The van der Waals surface area contributed by atoms with Gasteiger partial charge in [-0.3, -0.25) is 9.59 Å². The molecule has 1 fully saturated rings. The second-order valence-corrected chi connectivity index (χ2v) is 9.05. The van der Waals surface area contributed by atoms with Crippen molar-refractivity contribution in [2.45, 2.75) is 85.1 Å². The van der Waals surface area contributed by atoms with Gasteiger partial charge in [-0.15, -0.1) is 0 Å². The van der Waals surface area contributed by atoms with E-state index in [0.29, 0.717) is 19.4 Å². The summed E-state index contributed by atoms with van der Waals surface area (Å²) in [5, 5.41) is 10.1. The fourth-order valence-corrected chi connectivity index (χ4v) is 3.34. The Hall–Kier alpha value is -1.63. The van der Waals surface area contributed by atoms with Crippen LogP contribution < -0.4 is 0 Å². The molecule has 0 aromatic heterocycles. The standard InChI is InChI=1S/C20H36N2O5/c1-12(2)15(21(8)18(25)16(23)13(3)4)17(24)22-11-9-10-14(22)19(26)27-20(5,6)7/h12-16,23H,9-11H2,1-8H3/t14-,15+,16-/m0/s1. The molecular formula is C20H36N2O5. The summed E-state index contributed by atoms with van der Waals surface area (Å²) in [6, 6.07) is -1.37. The van der Waals surface area contributed by atoms with Gasteiger partial charge in [0.05, 0.1) is 0 Å². The molecular weight excluding hydrogens is 348 g/mol. The fraction of sp³-hybridized carbons (Fsp3) is 0.850. The first-order valence-electron chi connectivity index (χ1n) is 9.76. The van der Waals surface area contributed by atoms with E-state index in [1.165, 1.54) is 16.8 Å². The summed E-state index contributed by atoms with van der Waals surface area (Å²) >= 11 is 0. The maximum Gasteiger partial charge on any atom is 0.329 e. The highest BCUT2D eigenvalue weighted by molar-refractivity contribution is 5.92. The minimum Gasteiger partial charge on any atom is -0.458 e. The molecule has 0 bridgehead atoms. The number of amides is 2. The van der Waals surface area contributed by atoms with Gasteiger partial charge in [0.15, 0.2) is 0 Å². The molecule has 1 rings (SSSR count). The molecule has 0 spiro atoms. The summed E-state index contributed by atoms with van der Waals surface area (Å²) in [7, 11) is 1.54. The molecule has 27 heavy (non-hydrogen) atoms. The Morgan fingerprint density at radius 2 is 1.67 bits per heavy atom. The third-order valence-corrected chi connectivity index (χ3v) is 4.75. The lowest BCUT2D eigenvalue weighted by Crippen LogP contribution is -2.56. The Morgan fingerprint density at radius 3 is 2.11 bits per heavy atom. The molecule has 1 aliphatic heterocycles. The van der Waals surface area contributed by atoms with E-state index >= 15 is 0 Å². The van der Waals surface area contributed by atoms with Crippen LogP contribution in [0.25, 0.3) is 0 Å². The number of aliphatic hydroxyl groups is 1. The first-order valence-corrected chi connectivity index (χ1v) is 9.76. The molecule has 2 amide bonds. The average Bonchev–Trinajstić information content (AvgIpc) is 3.00. The molecule has 0 aromatic carbocycles. The van der Waals surface area contributed by atoms with Crippen LogP contribution in [-0.2, 0) is 19.1 Å². The van der Waals surface area contributed by atoms with Crippen molar-refractivity contribution in [1.29, 1.82) is 0 Å². The monoisotopic (exact) mass is 384 g/mol. The fourth-order valence-electron chi connectivity index (χ4n) is 3.34. The zero-order chi connectivity index (χ0) is 21.1. The number of hydrogen-bond acceptors (Lipinski definition) is 5. The highest BCUT2D eigenvalue weighted by atomic mass is 16.6. The van der Waals surface area contributed by atoms with Crippen molar-refractivity contribution in [3.63, 3.8) is 0 Å². The van der Waals surface area contributed by atoms with Gasteiger partial charge in [-0.2, -0.15) is 0 Å². The maximum absolute atomic E-state index is 13.2. The van der Waals surface area contributed by atoms with E-state index in [0.717, 1.165) is 0 Å². The van der Waals surface area contributed by atoms with E-state index in [4.69, 9.17) is 4.74 Å². The van der Waals surface area contributed by atoms with E-state index in [9.17, 15) is 19.5 Å². The zero-order valence-electron chi connectivity index (χ0n) is 18.0. The molecule has 3 atom stereocenters. The van der Waals surface area contributed by atoms with Gasteiger partial charge in [0.25, 0.3) is 5.91 Å². The van der Waals surface area contributed by atoms with E-state index in [-0.39, 0.29) is 17.7 Å². The second-order valence-electron chi connectivity index (χ2n) is 9.05. The minimum atomic E-state index is -1.16. The van der Waals surface area contributed by atoms with Gasteiger partial charge in [-0.1, -0.05) is 27.7 Å². The first-order chi connectivity index (χ1) is 12.3. The van der Waals surface area contributed by atoms with Crippen LogP contribution in [0, 0.1) is 11.8 Å². The Labute approximate surface area is 163 Å². The molecule has 0 aromatic rings. The van der Waals surface area contributed by atoms with E-state index in [1.807, 2.05) is 13.8 Å². The molecule has 156 valence electrons. The third kappa shape index (κ3) is 5.92. The van der Waals surface area contributed by atoms with E-state index < -0.39 is 35.7 Å². The highest BCUT2D eigenvalue weighted by Crippen LogP contribution is 2.25. The van der Waals surface area contributed by atoms with Crippen LogP contribution in [0.3, 0.4) is 0 Å². The summed E-state index contributed by atoms with van der Waals surface area (Å²) < 4.78 is 5.47.